The molecule has 22 heavy (non-hydrogen) atoms. The van der Waals surface area contributed by atoms with Crippen molar-refractivity contribution in [1.82, 2.24) is 9.80 Å². The second-order valence-corrected chi connectivity index (χ2v) is 6.24. The lowest BCUT2D eigenvalue weighted by Crippen LogP contribution is -2.47. The predicted octanol–water partition coefficient (Wildman–Crippen LogP) is 2.53. The molecule has 0 radical (unpaired) electrons. The van der Waals surface area contributed by atoms with Crippen LogP contribution < -0.4 is 4.74 Å². The fourth-order valence-electron chi connectivity index (χ4n) is 3.82. The van der Waals surface area contributed by atoms with Crippen LogP contribution in [0.15, 0.2) is 18.2 Å². The van der Waals surface area contributed by atoms with E-state index in [1.54, 1.807) is 6.07 Å². The number of likely N-dealkylation sites (tertiary alicyclic amines) is 2. The van der Waals surface area contributed by atoms with Crippen LogP contribution in [0.2, 0.25) is 0 Å². The van der Waals surface area contributed by atoms with Gasteiger partial charge in [0, 0.05) is 24.7 Å². The molecule has 2 saturated heterocycles. The van der Waals surface area contributed by atoms with Gasteiger partial charge in [-0.15, -0.1) is 0 Å². The monoisotopic (exact) mass is 306 g/mol. The summed E-state index contributed by atoms with van der Waals surface area (Å²) in [6, 6.07) is 5.07. The molecule has 0 unspecified atom stereocenters. The van der Waals surface area contributed by atoms with Gasteiger partial charge in [-0.2, -0.15) is 0 Å². The summed E-state index contributed by atoms with van der Waals surface area (Å²) >= 11 is 0. The summed E-state index contributed by atoms with van der Waals surface area (Å²) in [6.45, 7) is 1.80. The van der Waals surface area contributed by atoms with Crippen molar-refractivity contribution in [3.63, 3.8) is 0 Å². The number of benzene rings is 1. The number of ether oxygens (including phenoxy) is 1. The number of amides is 1. The van der Waals surface area contributed by atoms with Crippen LogP contribution in [0.25, 0.3) is 0 Å². The largest absolute Gasteiger partial charge is 0.497 e. The summed E-state index contributed by atoms with van der Waals surface area (Å²) in [6.07, 6.45) is 4.31. The minimum Gasteiger partial charge on any atom is -0.497 e. The van der Waals surface area contributed by atoms with Crippen molar-refractivity contribution in [2.45, 2.75) is 37.8 Å². The van der Waals surface area contributed by atoms with Crippen LogP contribution in [0.5, 0.6) is 5.75 Å². The van der Waals surface area contributed by atoms with E-state index in [1.165, 1.54) is 25.7 Å². The Labute approximate surface area is 130 Å². The molecule has 5 heteroatoms. The lowest BCUT2D eigenvalue weighted by atomic mass is 10.0. The van der Waals surface area contributed by atoms with Gasteiger partial charge in [-0.1, -0.05) is 0 Å². The maximum absolute atomic E-state index is 14.2. The van der Waals surface area contributed by atoms with Gasteiger partial charge >= 0.3 is 0 Å². The van der Waals surface area contributed by atoms with Crippen molar-refractivity contribution in [2.24, 2.45) is 0 Å². The Hall–Kier alpha value is -1.62. The highest BCUT2D eigenvalue weighted by Gasteiger charge is 2.39. The standard InChI is InChI=1S/C17H23FN2O2/c1-19-9-3-5-15(19)16-6-4-10-20(16)17(21)13-8-7-12(22-2)11-14(13)18/h7-8,11,15-16H,3-6,9-10H2,1-2H3/t15-,16-/m1/s1. The highest BCUT2D eigenvalue weighted by molar-refractivity contribution is 5.95. The second-order valence-electron chi connectivity index (χ2n) is 6.24. The zero-order chi connectivity index (χ0) is 15.7. The summed E-state index contributed by atoms with van der Waals surface area (Å²) in [4.78, 5) is 17.0. The van der Waals surface area contributed by atoms with Gasteiger partial charge in [0.25, 0.3) is 5.91 Å². The molecular formula is C17H23FN2O2. The third-order valence-electron chi connectivity index (χ3n) is 4.99. The highest BCUT2D eigenvalue weighted by Crippen LogP contribution is 2.30. The summed E-state index contributed by atoms with van der Waals surface area (Å²) < 4.78 is 19.2. The number of halogens is 1. The molecule has 2 aliphatic rings. The molecule has 1 aromatic carbocycles. The lowest BCUT2D eigenvalue weighted by molar-refractivity contribution is 0.0659. The molecule has 2 fully saturated rings. The maximum Gasteiger partial charge on any atom is 0.257 e. The topological polar surface area (TPSA) is 32.8 Å². The molecule has 2 aliphatic heterocycles. The number of likely N-dealkylation sites (N-methyl/N-ethyl adjacent to an activating group) is 1. The molecular weight excluding hydrogens is 283 g/mol. The lowest BCUT2D eigenvalue weighted by Gasteiger charge is -2.33. The second kappa shape index (κ2) is 6.24. The van der Waals surface area contributed by atoms with Crippen molar-refractivity contribution >= 4 is 5.91 Å². The molecule has 0 aliphatic carbocycles. The zero-order valence-corrected chi connectivity index (χ0v) is 13.2. The normalized spacial score (nSPS) is 25.7. The molecule has 2 atom stereocenters. The van der Waals surface area contributed by atoms with Crippen LogP contribution in [0.4, 0.5) is 4.39 Å². The maximum atomic E-state index is 14.2. The molecule has 0 N–H and O–H groups in total. The van der Waals surface area contributed by atoms with E-state index < -0.39 is 5.82 Å². The quantitative estimate of drug-likeness (QED) is 0.860. The first kappa shape index (κ1) is 15.3. The number of hydrogen-bond acceptors (Lipinski definition) is 3. The molecule has 0 aromatic heterocycles. The molecule has 120 valence electrons. The smallest absolute Gasteiger partial charge is 0.257 e. The van der Waals surface area contributed by atoms with Crippen LogP contribution in [0.1, 0.15) is 36.0 Å². The van der Waals surface area contributed by atoms with Crippen molar-refractivity contribution in [3.8, 4) is 5.75 Å². The number of hydrogen-bond donors (Lipinski definition) is 0. The van der Waals surface area contributed by atoms with E-state index in [-0.39, 0.29) is 17.5 Å². The van der Waals surface area contributed by atoms with Crippen LogP contribution in [0, 0.1) is 5.82 Å². The van der Waals surface area contributed by atoms with Crippen LogP contribution in [0.3, 0.4) is 0 Å². The Bertz CT molecular complexity index is 564. The number of carbonyl (C=O) groups is 1. The number of carbonyl (C=O) groups excluding carboxylic acids is 1. The van der Waals surface area contributed by atoms with E-state index in [0.29, 0.717) is 11.8 Å². The zero-order valence-electron chi connectivity index (χ0n) is 13.2. The van der Waals surface area contributed by atoms with Crippen LogP contribution >= 0.6 is 0 Å². The van der Waals surface area contributed by atoms with Crippen molar-refractivity contribution < 1.29 is 13.9 Å². The molecule has 0 bridgehead atoms. The SMILES string of the molecule is COc1ccc(C(=O)N2CCC[C@@H]2[C@H]2CCCN2C)c(F)c1. The number of nitrogens with zero attached hydrogens (tertiary/aromatic N) is 2. The van der Waals surface area contributed by atoms with Gasteiger partial charge in [-0.3, -0.25) is 4.79 Å². The molecule has 2 heterocycles. The molecule has 3 rings (SSSR count). The van der Waals surface area contributed by atoms with Gasteiger partial charge in [0.1, 0.15) is 11.6 Å². The van der Waals surface area contributed by atoms with Crippen LogP contribution in [-0.2, 0) is 0 Å². The summed E-state index contributed by atoms with van der Waals surface area (Å²) in [5, 5.41) is 0. The van der Waals surface area contributed by atoms with Crippen molar-refractivity contribution in [3.05, 3.63) is 29.6 Å². The fraction of sp³-hybridized carbons (Fsp3) is 0.588. The molecule has 0 spiro atoms. The van der Waals surface area contributed by atoms with Gasteiger partial charge in [-0.05, 0) is 51.4 Å². The third-order valence-corrected chi connectivity index (χ3v) is 4.99. The van der Waals surface area contributed by atoms with E-state index in [4.69, 9.17) is 4.74 Å². The first-order chi connectivity index (χ1) is 10.6. The Morgan fingerprint density at radius 2 is 1.95 bits per heavy atom. The number of rotatable bonds is 3. The first-order valence-corrected chi connectivity index (χ1v) is 7.96. The molecule has 1 aromatic rings. The minimum atomic E-state index is -0.505. The van der Waals surface area contributed by atoms with Gasteiger partial charge < -0.3 is 14.5 Å². The third kappa shape index (κ3) is 2.70. The summed E-state index contributed by atoms with van der Waals surface area (Å²) in [5.41, 5.74) is 0.147. The van der Waals surface area contributed by atoms with Crippen molar-refractivity contribution in [1.29, 1.82) is 0 Å². The first-order valence-electron chi connectivity index (χ1n) is 7.96. The van der Waals surface area contributed by atoms with E-state index in [0.717, 1.165) is 32.4 Å². The average Bonchev–Trinajstić information content (AvgIpc) is 3.14. The van der Waals surface area contributed by atoms with Gasteiger partial charge in [-0.25, -0.2) is 4.39 Å². The van der Waals surface area contributed by atoms with E-state index in [1.807, 2.05) is 4.90 Å². The Balaban J connectivity index is 1.81. The van der Waals surface area contributed by atoms with Crippen LogP contribution in [-0.4, -0.2) is 55.0 Å². The fourth-order valence-corrected chi connectivity index (χ4v) is 3.82. The number of methoxy groups -OCH3 is 1. The van der Waals surface area contributed by atoms with Gasteiger partial charge in [0.15, 0.2) is 0 Å². The Morgan fingerprint density at radius 3 is 2.59 bits per heavy atom. The van der Waals surface area contributed by atoms with E-state index in [2.05, 4.69) is 11.9 Å². The predicted molar refractivity (Wildman–Crippen MR) is 82.7 cm³/mol. The Kier molecular flexibility index (Phi) is 4.34. The van der Waals surface area contributed by atoms with Gasteiger partial charge in [0.05, 0.1) is 12.7 Å². The Morgan fingerprint density at radius 1 is 1.23 bits per heavy atom. The van der Waals surface area contributed by atoms with E-state index >= 15 is 0 Å². The average molecular weight is 306 g/mol. The summed E-state index contributed by atoms with van der Waals surface area (Å²) in [5.74, 6) is -0.264. The highest BCUT2D eigenvalue weighted by atomic mass is 19.1. The molecule has 1 amide bonds. The van der Waals surface area contributed by atoms with Crippen molar-refractivity contribution in [2.75, 3.05) is 27.2 Å². The van der Waals surface area contributed by atoms with Gasteiger partial charge in [0.2, 0.25) is 0 Å². The molecule has 4 nitrogen and oxygen atoms in total. The molecule has 0 saturated carbocycles. The minimum absolute atomic E-state index is 0.147. The van der Waals surface area contributed by atoms with E-state index in [9.17, 15) is 9.18 Å². The summed E-state index contributed by atoms with van der Waals surface area (Å²) in [7, 11) is 3.61.